The van der Waals surface area contributed by atoms with E-state index in [2.05, 4.69) is 10.3 Å². The number of para-hydroxylation sites is 1. The molecule has 27 heavy (non-hydrogen) atoms. The molecule has 0 aliphatic rings. The summed E-state index contributed by atoms with van der Waals surface area (Å²) in [6.07, 6.45) is 1.73. The smallest absolute Gasteiger partial charge is 0.238 e. The SMILES string of the molecule is COc1ccc(NC(=O)CN(C)[C@@H](C)C(=O)c2c[nH]c3ccccc23)cc1. The van der Waals surface area contributed by atoms with Crippen LogP contribution < -0.4 is 10.1 Å². The number of carbonyl (C=O) groups is 2. The lowest BCUT2D eigenvalue weighted by Crippen LogP contribution is -2.40. The Bertz CT molecular complexity index is 947. The van der Waals surface area contributed by atoms with Crippen LogP contribution in [-0.4, -0.2) is 48.3 Å². The summed E-state index contributed by atoms with van der Waals surface area (Å²) in [5.41, 5.74) is 2.25. The molecule has 0 saturated heterocycles. The third-order valence-electron chi connectivity index (χ3n) is 4.66. The van der Waals surface area contributed by atoms with Crippen LogP contribution in [0.5, 0.6) is 5.75 Å². The van der Waals surface area contributed by atoms with E-state index in [1.54, 1.807) is 49.5 Å². The van der Waals surface area contributed by atoms with Crippen molar-refractivity contribution in [1.82, 2.24) is 9.88 Å². The number of nitrogens with one attached hydrogen (secondary N) is 2. The predicted octanol–water partition coefficient (Wildman–Crippen LogP) is 3.32. The van der Waals surface area contributed by atoms with Crippen LogP contribution in [0.3, 0.4) is 0 Å². The van der Waals surface area contributed by atoms with Crippen molar-refractivity contribution in [1.29, 1.82) is 0 Å². The van der Waals surface area contributed by atoms with Gasteiger partial charge < -0.3 is 15.0 Å². The number of hydrogen-bond donors (Lipinski definition) is 2. The summed E-state index contributed by atoms with van der Waals surface area (Å²) in [6.45, 7) is 1.92. The number of aromatic nitrogens is 1. The van der Waals surface area contributed by atoms with Gasteiger partial charge >= 0.3 is 0 Å². The first-order chi connectivity index (χ1) is 13.0. The molecule has 6 heteroatoms. The van der Waals surface area contributed by atoms with Crippen molar-refractivity contribution < 1.29 is 14.3 Å². The van der Waals surface area contributed by atoms with Crippen LogP contribution in [0.15, 0.2) is 54.7 Å². The molecule has 0 fully saturated rings. The summed E-state index contributed by atoms with van der Waals surface area (Å²) < 4.78 is 5.10. The molecule has 0 spiro atoms. The van der Waals surface area contributed by atoms with Gasteiger partial charge in [-0.25, -0.2) is 0 Å². The zero-order valence-corrected chi connectivity index (χ0v) is 15.7. The number of Topliss-reactive ketones (excluding diaryl/α,β-unsaturated/α-hetero) is 1. The van der Waals surface area contributed by atoms with Gasteiger partial charge in [0, 0.05) is 28.4 Å². The molecule has 2 N–H and O–H groups in total. The molecule has 0 aliphatic carbocycles. The van der Waals surface area contributed by atoms with Crippen molar-refractivity contribution >= 4 is 28.3 Å². The van der Waals surface area contributed by atoms with Gasteiger partial charge in [-0.15, -0.1) is 0 Å². The Kier molecular flexibility index (Phi) is 5.57. The van der Waals surface area contributed by atoms with Crippen LogP contribution >= 0.6 is 0 Å². The number of ketones is 1. The molecule has 1 atom stereocenters. The number of rotatable bonds is 7. The van der Waals surface area contributed by atoms with Crippen molar-refractivity contribution in [2.24, 2.45) is 0 Å². The Balaban J connectivity index is 1.63. The minimum absolute atomic E-state index is 0.0211. The maximum Gasteiger partial charge on any atom is 0.238 e. The summed E-state index contributed by atoms with van der Waals surface area (Å²) >= 11 is 0. The van der Waals surface area contributed by atoms with Crippen molar-refractivity contribution in [3.63, 3.8) is 0 Å². The maximum atomic E-state index is 12.9. The lowest BCUT2D eigenvalue weighted by molar-refractivity contribution is -0.117. The quantitative estimate of drug-likeness (QED) is 0.630. The van der Waals surface area contributed by atoms with E-state index in [0.717, 1.165) is 16.7 Å². The van der Waals surface area contributed by atoms with Crippen LogP contribution in [0.2, 0.25) is 0 Å². The number of ether oxygens (including phenoxy) is 1. The van der Waals surface area contributed by atoms with Gasteiger partial charge in [-0.05, 0) is 44.3 Å². The summed E-state index contributed by atoms with van der Waals surface area (Å²) in [4.78, 5) is 30.0. The molecule has 1 heterocycles. The van der Waals surface area contributed by atoms with Gasteiger partial charge in [-0.2, -0.15) is 0 Å². The first-order valence-corrected chi connectivity index (χ1v) is 8.74. The van der Waals surface area contributed by atoms with Gasteiger partial charge in [0.2, 0.25) is 5.91 Å². The number of nitrogens with zero attached hydrogens (tertiary/aromatic N) is 1. The fourth-order valence-corrected chi connectivity index (χ4v) is 2.94. The maximum absolute atomic E-state index is 12.9. The lowest BCUT2D eigenvalue weighted by atomic mass is 10.0. The number of amides is 1. The number of aromatic amines is 1. The van der Waals surface area contributed by atoms with E-state index in [1.807, 2.05) is 31.2 Å². The van der Waals surface area contributed by atoms with Gasteiger partial charge in [0.05, 0.1) is 19.7 Å². The lowest BCUT2D eigenvalue weighted by Gasteiger charge is -2.22. The normalized spacial score (nSPS) is 12.1. The van der Waals surface area contributed by atoms with E-state index in [9.17, 15) is 9.59 Å². The van der Waals surface area contributed by atoms with E-state index >= 15 is 0 Å². The fourth-order valence-electron chi connectivity index (χ4n) is 2.94. The Morgan fingerprint density at radius 3 is 2.56 bits per heavy atom. The van der Waals surface area contributed by atoms with Crippen LogP contribution in [0, 0.1) is 0 Å². The highest BCUT2D eigenvalue weighted by atomic mass is 16.5. The number of hydrogen-bond acceptors (Lipinski definition) is 4. The van der Waals surface area contributed by atoms with Gasteiger partial charge in [0.15, 0.2) is 5.78 Å². The molecule has 0 aliphatic heterocycles. The molecule has 140 valence electrons. The largest absolute Gasteiger partial charge is 0.497 e. The van der Waals surface area contributed by atoms with Crippen molar-refractivity contribution in [3.05, 3.63) is 60.3 Å². The van der Waals surface area contributed by atoms with E-state index in [4.69, 9.17) is 4.74 Å². The van der Waals surface area contributed by atoms with Gasteiger partial charge in [0.25, 0.3) is 0 Å². The molecule has 0 saturated carbocycles. The minimum atomic E-state index is -0.425. The van der Waals surface area contributed by atoms with Gasteiger partial charge in [0.1, 0.15) is 5.75 Å². The first-order valence-electron chi connectivity index (χ1n) is 8.74. The Hall–Kier alpha value is -3.12. The highest BCUT2D eigenvalue weighted by molar-refractivity contribution is 6.10. The third kappa shape index (κ3) is 4.17. The van der Waals surface area contributed by atoms with E-state index in [0.29, 0.717) is 11.3 Å². The monoisotopic (exact) mass is 365 g/mol. The van der Waals surface area contributed by atoms with Crippen LogP contribution in [0.4, 0.5) is 5.69 Å². The molecule has 1 aromatic heterocycles. The van der Waals surface area contributed by atoms with Gasteiger partial charge in [-0.1, -0.05) is 18.2 Å². The second-order valence-electron chi connectivity index (χ2n) is 6.48. The molecular formula is C21H23N3O3. The summed E-state index contributed by atoms with van der Waals surface area (Å²) in [5, 5.41) is 3.72. The van der Waals surface area contributed by atoms with Crippen molar-refractivity contribution in [2.75, 3.05) is 26.0 Å². The van der Waals surface area contributed by atoms with Crippen LogP contribution in [0.1, 0.15) is 17.3 Å². The van der Waals surface area contributed by atoms with Crippen molar-refractivity contribution in [2.45, 2.75) is 13.0 Å². The molecule has 0 bridgehead atoms. The number of carbonyl (C=O) groups excluding carboxylic acids is 2. The number of anilines is 1. The number of benzene rings is 2. The number of fused-ring (bicyclic) bond motifs is 1. The molecule has 3 aromatic rings. The molecule has 1 amide bonds. The summed E-state index contributed by atoms with van der Waals surface area (Å²) in [6, 6.07) is 14.4. The van der Waals surface area contributed by atoms with E-state index in [1.165, 1.54) is 0 Å². The summed E-state index contributed by atoms with van der Waals surface area (Å²) in [7, 11) is 3.36. The highest BCUT2D eigenvalue weighted by Gasteiger charge is 2.23. The standard InChI is InChI=1S/C21H23N3O3/c1-14(21(26)18-12-22-19-7-5-4-6-17(18)19)24(2)13-20(25)23-15-8-10-16(27-3)11-9-15/h4-12,14,22H,13H2,1-3H3,(H,23,25)/t14-/m0/s1. The second kappa shape index (κ2) is 8.05. The van der Waals surface area contributed by atoms with E-state index < -0.39 is 6.04 Å². The molecule has 0 unspecified atom stereocenters. The average molecular weight is 365 g/mol. The summed E-state index contributed by atoms with van der Waals surface area (Å²) in [5.74, 6) is 0.525. The number of methoxy groups -OCH3 is 1. The molecule has 6 nitrogen and oxygen atoms in total. The predicted molar refractivity (Wildman–Crippen MR) is 106 cm³/mol. The number of likely N-dealkylation sites (N-methyl/N-ethyl adjacent to an activating group) is 1. The Morgan fingerprint density at radius 1 is 1.15 bits per heavy atom. The zero-order valence-electron chi connectivity index (χ0n) is 15.7. The van der Waals surface area contributed by atoms with Crippen LogP contribution in [0.25, 0.3) is 10.9 Å². The third-order valence-corrected chi connectivity index (χ3v) is 4.66. The molecule has 2 aromatic carbocycles. The van der Waals surface area contributed by atoms with Crippen LogP contribution in [-0.2, 0) is 4.79 Å². The minimum Gasteiger partial charge on any atom is -0.497 e. The van der Waals surface area contributed by atoms with Crippen molar-refractivity contribution in [3.8, 4) is 5.75 Å². The fraction of sp³-hybridized carbons (Fsp3) is 0.238. The second-order valence-corrected chi connectivity index (χ2v) is 6.48. The average Bonchev–Trinajstić information content (AvgIpc) is 3.11. The first kappa shape index (κ1) is 18.7. The Labute approximate surface area is 158 Å². The molecule has 3 rings (SSSR count). The topological polar surface area (TPSA) is 74.4 Å². The number of H-pyrrole nitrogens is 1. The zero-order chi connectivity index (χ0) is 19.4. The highest BCUT2D eigenvalue weighted by Crippen LogP contribution is 2.20. The van der Waals surface area contributed by atoms with Gasteiger partial charge in [-0.3, -0.25) is 14.5 Å². The molecule has 0 radical (unpaired) electrons. The molecular weight excluding hydrogens is 342 g/mol. The Morgan fingerprint density at radius 2 is 1.85 bits per heavy atom. The van der Waals surface area contributed by atoms with E-state index in [-0.39, 0.29) is 18.2 Å².